The molecular weight excluding hydrogens is 266 g/mol. The molecule has 0 bridgehead atoms. The summed E-state index contributed by atoms with van der Waals surface area (Å²) in [6, 6.07) is -0.282. The highest BCUT2D eigenvalue weighted by molar-refractivity contribution is 9.10. The van der Waals surface area contributed by atoms with Crippen LogP contribution in [0.25, 0.3) is 0 Å². The summed E-state index contributed by atoms with van der Waals surface area (Å²) in [5, 5.41) is 9.87. The van der Waals surface area contributed by atoms with Crippen LogP contribution in [-0.4, -0.2) is 19.4 Å². The normalized spacial score (nSPS) is 13.1. The van der Waals surface area contributed by atoms with Gasteiger partial charge in [-0.1, -0.05) is 4.49 Å². The number of nitrogens with zero attached hydrogens (tertiary/aromatic N) is 4. The highest BCUT2D eigenvalue weighted by Crippen LogP contribution is 2.25. The molecule has 2 aromatic rings. The third kappa shape index (κ3) is 1.58. The highest BCUT2D eigenvalue weighted by Gasteiger charge is 2.18. The van der Waals surface area contributed by atoms with Crippen molar-refractivity contribution < 1.29 is 0 Å². The molecule has 1 unspecified atom stereocenters. The molecule has 0 aromatic carbocycles. The van der Waals surface area contributed by atoms with E-state index in [1.165, 1.54) is 11.5 Å². The number of halogens is 1. The summed E-state index contributed by atoms with van der Waals surface area (Å²) < 4.78 is 6.40. The Balaban J connectivity index is 2.41. The van der Waals surface area contributed by atoms with Crippen molar-refractivity contribution in [3.8, 4) is 0 Å². The first kappa shape index (κ1) is 9.75. The van der Waals surface area contributed by atoms with Crippen molar-refractivity contribution in [2.45, 2.75) is 6.04 Å². The summed E-state index contributed by atoms with van der Waals surface area (Å²) in [5.74, 6) is 0. The Morgan fingerprint density at radius 3 is 2.93 bits per heavy atom. The third-order valence-corrected chi connectivity index (χ3v) is 3.06. The van der Waals surface area contributed by atoms with Crippen molar-refractivity contribution in [3.63, 3.8) is 0 Å². The first-order chi connectivity index (χ1) is 6.70. The molecule has 0 amide bonds. The van der Waals surface area contributed by atoms with Crippen LogP contribution < -0.4 is 5.73 Å². The van der Waals surface area contributed by atoms with E-state index < -0.39 is 0 Å². The molecule has 74 valence electrons. The predicted molar refractivity (Wildman–Crippen MR) is 56.8 cm³/mol. The maximum absolute atomic E-state index is 6.02. The molecule has 0 saturated heterocycles. The van der Waals surface area contributed by atoms with Crippen LogP contribution in [0, 0.1) is 0 Å². The zero-order chi connectivity index (χ0) is 10.1. The Labute approximate surface area is 93.2 Å². The molecule has 0 spiro atoms. The molecule has 0 aliphatic heterocycles. The van der Waals surface area contributed by atoms with E-state index in [1.54, 1.807) is 10.9 Å². The van der Waals surface area contributed by atoms with E-state index in [-0.39, 0.29) is 6.04 Å². The van der Waals surface area contributed by atoms with E-state index in [1.807, 2.05) is 12.4 Å². The van der Waals surface area contributed by atoms with Gasteiger partial charge in [0.2, 0.25) is 0 Å². The van der Waals surface area contributed by atoms with Gasteiger partial charge in [0.05, 0.1) is 28.1 Å². The molecular formula is C7H8BrN5S. The predicted octanol–water partition coefficient (Wildman–Crippen LogP) is 1.08. The fraction of sp³-hybridized carbons (Fsp3) is 0.286. The van der Waals surface area contributed by atoms with Crippen LogP contribution in [0.5, 0.6) is 0 Å². The topological polar surface area (TPSA) is 69.6 Å². The van der Waals surface area contributed by atoms with Crippen molar-refractivity contribution in [1.29, 1.82) is 0 Å². The fourth-order valence-electron chi connectivity index (χ4n) is 1.22. The molecule has 7 heteroatoms. The molecule has 0 aliphatic rings. The van der Waals surface area contributed by atoms with Gasteiger partial charge in [-0.2, -0.15) is 5.10 Å². The van der Waals surface area contributed by atoms with E-state index >= 15 is 0 Å². The lowest BCUT2D eigenvalue weighted by molar-refractivity contribution is 0.660. The van der Waals surface area contributed by atoms with Crippen LogP contribution in [0.1, 0.15) is 17.4 Å². The van der Waals surface area contributed by atoms with Crippen LogP contribution in [0.15, 0.2) is 16.0 Å². The second kappa shape index (κ2) is 3.76. The molecule has 0 aliphatic carbocycles. The van der Waals surface area contributed by atoms with Gasteiger partial charge in [0.25, 0.3) is 0 Å². The average molecular weight is 274 g/mol. The molecule has 0 radical (unpaired) electrons. The average Bonchev–Trinajstić information content (AvgIpc) is 2.75. The van der Waals surface area contributed by atoms with Gasteiger partial charge >= 0.3 is 0 Å². The summed E-state index contributed by atoms with van der Waals surface area (Å²) in [6.07, 6.45) is 1.72. The van der Waals surface area contributed by atoms with Gasteiger partial charge < -0.3 is 5.73 Å². The largest absolute Gasteiger partial charge is 0.318 e. The second-order valence-electron chi connectivity index (χ2n) is 2.81. The van der Waals surface area contributed by atoms with Crippen molar-refractivity contribution in [2.24, 2.45) is 12.8 Å². The number of hydrogen-bond acceptors (Lipinski definition) is 5. The smallest absolute Gasteiger partial charge is 0.0984 e. The zero-order valence-electron chi connectivity index (χ0n) is 7.38. The Bertz CT molecular complexity index is 404. The monoisotopic (exact) mass is 273 g/mol. The quantitative estimate of drug-likeness (QED) is 0.889. The van der Waals surface area contributed by atoms with E-state index in [0.29, 0.717) is 0 Å². The van der Waals surface area contributed by atoms with Crippen LogP contribution in [-0.2, 0) is 7.05 Å². The zero-order valence-corrected chi connectivity index (χ0v) is 9.79. The van der Waals surface area contributed by atoms with Crippen LogP contribution in [0.4, 0.5) is 0 Å². The summed E-state index contributed by atoms with van der Waals surface area (Å²) in [7, 11) is 1.85. The van der Waals surface area contributed by atoms with Crippen LogP contribution in [0.3, 0.4) is 0 Å². The Morgan fingerprint density at radius 1 is 1.64 bits per heavy atom. The van der Waals surface area contributed by atoms with Gasteiger partial charge in [0.15, 0.2) is 0 Å². The van der Waals surface area contributed by atoms with Gasteiger partial charge in [-0.05, 0) is 27.5 Å². The van der Waals surface area contributed by atoms with Gasteiger partial charge in [-0.25, -0.2) is 0 Å². The van der Waals surface area contributed by atoms with Crippen molar-refractivity contribution in [1.82, 2.24) is 19.4 Å². The van der Waals surface area contributed by atoms with Crippen molar-refractivity contribution in [3.05, 3.63) is 27.4 Å². The van der Waals surface area contributed by atoms with Gasteiger partial charge in [-0.15, -0.1) is 5.10 Å². The van der Waals surface area contributed by atoms with E-state index in [9.17, 15) is 0 Å². The molecule has 1 atom stereocenters. The van der Waals surface area contributed by atoms with E-state index in [0.717, 1.165) is 15.9 Å². The number of aromatic nitrogens is 4. The Morgan fingerprint density at radius 2 is 2.43 bits per heavy atom. The maximum atomic E-state index is 6.02. The number of aryl methyl sites for hydroxylation is 1. The lowest BCUT2D eigenvalue weighted by Gasteiger charge is -2.09. The lowest BCUT2D eigenvalue weighted by atomic mass is 10.2. The second-order valence-corrected chi connectivity index (χ2v) is 4.27. The molecule has 0 fully saturated rings. The van der Waals surface area contributed by atoms with Crippen molar-refractivity contribution in [2.75, 3.05) is 0 Å². The number of rotatable bonds is 2. The SMILES string of the molecule is Cn1ncc(Br)c1C(N)c1csnn1. The summed E-state index contributed by atoms with van der Waals surface area (Å²) >= 11 is 4.69. The van der Waals surface area contributed by atoms with E-state index in [2.05, 4.69) is 30.6 Å². The first-order valence-electron chi connectivity index (χ1n) is 3.90. The van der Waals surface area contributed by atoms with Gasteiger partial charge in [0, 0.05) is 12.4 Å². The summed E-state index contributed by atoms with van der Waals surface area (Å²) in [4.78, 5) is 0. The molecule has 2 N–H and O–H groups in total. The minimum Gasteiger partial charge on any atom is -0.318 e. The lowest BCUT2D eigenvalue weighted by Crippen LogP contribution is -2.16. The third-order valence-electron chi connectivity index (χ3n) is 1.93. The van der Waals surface area contributed by atoms with Crippen molar-refractivity contribution >= 4 is 27.5 Å². The molecule has 2 heterocycles. The maximum Gasteiger partial charge on any atom is 0.0984 e. The number of hydrogen-bond donors (Lipinski definition) is 1. The molecule has 0 saturated carbocycles. The molecule has 5 nitrogen and oxygen atoms in total. The molecule has 14 heavy (non-hydrogen) atoms. The number of nitrogens with two attached hydrogens (primary N) is 1. The minimum atomic E-state index is -0.282. The first-order valence-corrected chi connectivity index (χ1v) is 5.53. The van der Waals surface area contributed by atoms with Gasteiger partial charge in [0.1, 0.15) is 0 Å². The van der Waals surface area contributed by atoms with Gasteiger partial charge in [-0.3, -0.25) is 4.68 Å². The van der Waals surface area contributed by atoms with E-state index in [4.69, 9.17) is 5.73 Å². The van der Waals surface area contributed by atoms with Crippen LogP contribution in [0.2, 0.25) is 0 Å². The fourth-order valence-corrected chi connectivity index (χ4v) is 2.30. The molecule has 2 rings (SSSR count). The standard InChI is InChI=1S/C7H8BrN5S/c1-13-7(4(8)2-10-13)6(9)5-3-14-12-11-5/h2-3,6H,9H2,1H3. The Kier molecular flexibility index (Phi) is 2.62. The highest BCUT2D eigenvalue weighted by atomic mass is 79.9. The minimum absolute atomic E-state index is 0.282. The van der Waals surface area contributed by atoms with Crippen LogP contribution >= 0.6 is 27.5 Å². The Hall–Kier alpha value is -0.790. The molecule has 2 aromatic heterocycles. The summed E-state index contributed by atoms with van der Waals surface area (Å²) in [5.41, 5.74) is 7.68. The summed E-state index contributed by atoms with van der Waals surface area (Å²) in [6.45, 7) is 0.